The van der Waals surface area contributed by atoms with Gasteiger partial charge in [0.15, 0.2) is 0 Å². The average Bonchev–Trinajstić information content (AvgIpc) is 3.16. The first-order valence-electron chi connectivity index (χ1n) is 9.61. The molecule has 1 atom stereocenters. The Morgan fingerprint density at radius 2 is 1.87 bits per heavy atom. The molecule has 1 heterocycles. The van der Waals surface area contributed by atoms with Gasteiger partial charge in [-0.05, 0) is 42.3 Å². The van der Waals surface area contributed by atoms with Crippen LogP contribution in [0.2, 0.25) is 0 Å². The second-order valence-electron chi connectivity index (χ2n) is 6.90. The van der Waals surface area contributed by atoms with E-state index in [1.807, 2.05) is 49.4 Å². The minimum atomic E-state index is -0.235. The molecule has 3 aromatic rings. The van der Waals surface area contributed by atoms with E-state index < -0.39 is 0 Å². The van der Waals surface area contributed by atoms with Gasteiger partial charge in [-0.3, -0.25) is 9.48 Å². The van der Waals surface area contributed by atoms with Crippen LogP contribution in [0.15, 0.2) is 48.5 Å². The summed E-state index contributed by atoms with van der Waals surface area (Å²) in [4.78, 5) is 12.8. The van der Waals surface area contributed by atoms with E-state index in [2.05, 4.69) is 10.4 Å². The lowest BCUT2D eigenvalue weighted by atomic mass is 10.0. The third-order valence-electron chi connectivity index (χ3n) is 5.06. The highest BCUT2D eigenvalue weighted by Crippen LogP contribution is 2.33. The lowest BCUT2D eigenvalue weighted by Gasteiger charge is -2.18. The third-order valence-corrected chi connectivity index (χ3v) is 5.06. The molecule has 2 aromatic carbocycles. The van der Waals surface area contributed by atoms with Crippen LogP contribution in [0.4, 0.5) is 0 Å². The summed E-state index contributed by atoms with van der Waals surface area (Å²) in [5.74, 6) is 1.11. The molecular weight excluding hydrogens is 382 g/mol. The fraction of sp³-hybridized carbons (Fsp3) is 0.304. The summed E-state index contributed by atoms with van der Waals surface area (Å²) in [5, 5.41) is 7.45. The predicted octanol–water partition coefficient (Wildman–Crippen LogP) is 3.53. The van der Waals surface area contributed by atoms with Crippen LogP contribution in [-0.4, -0.2) is 43.6 Å². The molecule has 158 valence electrons. The summed E-state index contributed by atoms with van der Waals surface area (Å²) < 4.78 is 17.9. The number of aromatic nitrogens is 2. The van der Waals surface area contributed by atoms with Crippen molar-refractivity contribution in [3.05, 3.63) is 65.4 Å². The molecule has 0 saturated heterocycles. The summed E-state index contributed by atoms with van der Waals surface area (Å²) in [6, 6.07) is 15.2. The molecule has 7 nitrogen and oxygen atoms in total. The predicted molar refractivity (Wildman–Crippen MR) is 115 cm³/mol. The smallest absolute Gasteiger partial charge is 0.269 e. The number of aryl methyl sites for hydroxylation is 2. The van der Waals surface area contributed by atoms with Crippen molar-refractivity contribution in [1.82, 2.24) is 15.1 Å². The molecule has 0 saturated carbocycles. The van der Waals surface area contributed by atoms with E-state index in [0.717, 1.165) is 16.7 Å². The number of methoxy groups -OCH3 is 3. The highest BCUT2D eigenvalue weighted by molar-refractivity contribution is 5.94. The number of nitrogens with zero attached hydrogens (tertiary/aromatic N) is 2. The van der Waals surface area contributed by atoms with E-state index in [0.29, 0.717) is 29.4 Å². The van der Waals surface area contributed by atoms with E-state index in [9.17, 15) is 4.79 Å². The molecule has 0 spiro atoms. The lowest BCUT2D eigenvalue weighted by Crippen LogP contribution is -2.30. The van der Waals surface area contributed by atoms with Crippen molar-refractivity contribution in [2.75, 3.05) is 27.9 Å². The maximum atomic E-state index is 12.8. The van der Waals surface area contributed by atoms with Crippen LogP contribution in [0.1, 0.15) is 27.7 Å². The fourth-order valence-electron chi connectivity index (χ4n) is 3.37. The number of hydrogen-bond acceptors (Lipinski definition) is 5. The Morgan fingerprint density at radius 1 is 1.10 bits per heavy atom. The second-order valence-corrected chi connectivity index (χ2v) is 6.90. The first kappa shape index (κ1) is 21.4. The molecule has 1 aromatic heterocycles. The van der Waals surface area contributed by atoms with E-state index in [1.54, 1.807) is 39.1 Å². The molecule has 0 aliphatic carbocycles. The van der Waals surface area contributed by atoms with Gasteiger partial charge in [0.05, 0.1) is 26.0 Å². The molecule has 0 bridgehead atoms. The van der Waals surface area contributed by atoms with Gasteiger partial charge in [-0.15, -0.1) is 0 Å². The Kier molecular flexibility index (Phi) is 6.74. The molecule has 1 unspecified atom stereocenters. The van der Waals surface area contributed by atoms with Crippen LogP contribution in [0.5, 0.6) is 11.5 Å². The zero-order chi connectivity index (χ0) is 21.7. The Hall–Kier alpha value is -3.32. The quantitative estimate of drug-likeness (QED) is 0.616. The van der Waals surface area contributed by atoms with Crippen LogP contribution in [0.25, 0.3) is 11.3 Å². The summed E-state index contributed by atoms with van der Waals surface area (Å²) in [5.41, 5.74) is 3.98. The van der Waals surface area contributed by atoms with Crippen molar-refractivity contribution >= 4 is 5.91 Å². The van der Waals surface area contributed by atoms with Gasteiger partial charge >= 0.3 is 0 Å². The van der Waals surface area contributed by atoms with Crippen LogP contribution >= 0.6 is 0 Å². The number of ether oxygens (including phenoxy) is 3. The summed E-state index contributed by atoms with van der Waals surface area (Å²) in [7, 11) is 6.57. The summed E-state index contributed by atoms with van der Waals surface area (Å²) >= 11 is 0. The Balaban J connectivity index is 1.80. The average molecular weight is 409 g/mol. The van der Waals surface area contributed by atoms with Gasteiger partial charge < -0.3 is 19.5 Å². The van der Waals surface area contributed by atoms with Gasteiger partial charge in [0.25, 0.3) is 5.91 Å². The first-order chi connectivity index (χ1) is 14.5. The molecule has 1 N–H and O–H groups in total. The highest BCUT2D eigenvalue weighted by Gasteiger charge is 2.19. The van der Waals surface area contributed by atoms with Gasteiger partial charge in [-0.1, -0.05) is 24.3 Å². The minimum Gasteiger partial charge on any atom is -0.497 e. The number of benzene rings is 2. The van der Waals surface area contributed by atoms with Gasteiger partial charge in [-0.25, -0.2) is 0 Å². The first-order valence-corrected chi connectivity index (χ1v) is 9.61. The lowest BCUT2D eigenvalue weighted by molar-refractivity contribution is 0.0819. The van der Waals surface area contributed by atoms with E-state index in [1.165, 1.54) is 0 Å². The summed E-state index contributed by atoms with van der Waals surface area (Å²) in [6.45, 7) is 2.38. The molecule has 30 heavy (non-hydrogen) atoms. The standard InChI is InChI=1S/C23H27N3O4/c1-15-8-6-7-9-17(15)22(30-5)14-24-23(27)20-13-19(25-26(20)2)18-12-16(28-3)10-11-21(18)29-4/h6-13,22H,14H2,1-5H3,(H,24,27). The van der Waals surface area contributed by atoms with E-state index >= 15 is 0 Å². The van der Waals surface area contributed by atoms with Crippen molar-refractivity contribution in [3.8, 4) is 22.8 Å². The molecule has 0 radical (unpaired) electrons. The van der Waals surface area contributed by atoms with Crippen molar-refractivity contribution in [3.63, 3.8) is 0 Å². The number of carbonyl (C=O) groups excluding carboxylic acids is 1. The number of hydrogen-bond donors (Lipinski definition) is 1. The number of amides is 1. The number of carbonyl (C=O) groups is 1. The van der Waals surface area contributed by atoms with Gasteiger partial charge in [0.2, 0.25) is 0 Å². The van der Waals surface area contributed by atoms with Gasteiger partial charge in [-0.2, -0.15) is 5.10 Å². The normalized spacial score (nSPS) is 11.8. The maximum absolute atomic E-state index is 12.8. The van der Waals surface area contributed by atoms with Crippen molar-refractivity contribution in [1.29, 1.82) is 0 Å². The zero-order valence-electron chi connectivity index (χ0n) is 17.9. The minimum absolute atomic E-state index is 0.228. The van der Waals surface area contributed by atoms with Crippen LogP contribution in [0, 0.1) is 6.92 Å². The second kappa shape index (κ2) is 9.45. The summed E-state index contributed by atoms with van der Waals surface area (Å²) in [6.07, 6.45) is -0.235. The fourth-order valence-corrected chi connectivity index (χ4v) is 3.37. The zero-order valence-corrected chi connectivity index (χ0v) is 17.9. The molecule has 7 heteroatoms. The third kappa shape index (κ3) is 4.46. The molecule has 3 rings (SSSR count). The Labute approximate surface area is 176 Å². The van der Waals surface area contributed by atoms with Gasteiger partial charge in [0, 0.05) is 26.3 Å². The molecule has 1 amide bonds. The van der Waals surface area contributed by atoms with E-state index in [4.69, 9.17) is 14.2 Å². The van der Waals surface area contributed by atoms with Crippen molar-refractivity contribution < 1.29 is 19.0 Å². The van der Waals surface area contributed by atoms with Gasteiger partial charge in [0.1, 0.15) is 17.2 Å². The van der Waals surface area contributed by atoms with Crippen molar-refractivity contribution in [2.45, 2.75) is 13.0 Å². The largest absolute Gasteiger partial charge is 0.497 e. The molecular formula is C23H27N3O4. The molecule has 0 aliphatic rings. The van der Waals surface area contributed by atoms with Crippen LogP contribution in [0.3, 0.4) is 0 Å². The maximum Gasteiger partial charge on any atom is 0.269 e. The molecule has 0 aliphatic heterocycles. The Bertz CT molecular complexity index is 1030. The molecule has 0 fully saturated rings. The van der Waals surface area contributed by atoms with E-state index in [-0.39, 0.29) is 12.0 Å². The monoisotopic (exact) mass is 409 g/mol. The topological polar surface area (TPSA) is 74.6 Å². The van der Waals surface area contributed by atoms with Crippen molar-refractivity contribution in [2.24, 2.45) is 7.05 Å². The Morgan fingerprint density at radius 3 is 2.53 bits per heavy atom. The SMILES string of the molecule is COc1ccc(OC)c(-c2cc(C(=O)NCC(OC)c3ccccc3C)n(C)n2)c1. The van der Waals surface area contributed by atoms with Crippen LogP contribution in [-0.2, 0) is 11.8 Å². The highest BCUT2D eigenvalue weighted by atomic mass is 16.5. The van der Waals surface area contributed by atoms with Crippen LogP contribution < -0.4 is 14.8 Å². The number of nitrogens with one attached hydrogen (secondary N) is 1. The number of rotatable bonds is 8.